The van der Waals surface area contributed by atoms with Crippen LogP contribution in [0.1, 0.15) is 38.5 Å². The van der Waals surface area contributed by atoms with E-state index in [1.54, 1.807) is 0 Å². The second-order valence-electron chi connectivity index (χ2n) is 5.51. The highest BCUT2D eigenvalue weighted by atomic mass is 35.7. The largest absolute Gasteiger partial charge is 0.381 e. The highest BCUT2D eigenvalue weighted by Gasteiger charge is 2.38. The zero-order valence-electron chi connectivity index (χ0n) is 10.6. The summed E-state index contributed by atoms with van der Waals surface area (Å²) < 4.78 is 33.9. The number of hydrogen-bond acceptors (Lipinski definition) is 4. The van der Waals surface area contributed by atoms with Crippen molar-refractivity contribution in [1.82, 2.24) is 0 Å². The summed E-state index contributed by atoms with van der Waals surface area (Å²) in [6.07, 6.45) is 5.99. The zero-order chi connectivity index (χ0) is 13.1. The molecule has 0 N–H and O–H groups in total. The van der Waals surface area contributed by atoms with Crippen molar-refractivity contribution in [2.45, 2.75) is 44.6 Å². The van der Waals surface area contributed by atoms with Gasteiger partial charge in [0.15, 0.2) is 0 Å². The topological polar surface area (TPSA) is 52.6 Å². The van der Waals surface area contributed by atoms with Gasteiger partial charge in [0.1, 0.15) is 0 Å². The second-order valence-corrected chi connectivity index (χ2v) is 8.29. The molecule has 1 saturated heterocycles. The second kappa shape index (κ2) is 6.07. The first-order chi connectivity index (χ1) is 8.49. The van der Waals surface area contributed by atoms with E-state index in [-0.39, 0.29) is 17.3 Å². The van der Waals surface area contributed by atoms with Gasteiger partial charge in [-0.3, -0.25) is 0 Å². The van der Waals surface area contributed by atoms with E-state index < -0.39 is 9.05 Å². The van der Waals surface area contributed by atoms with Crippen molar-refractivity contribution in [3.05, 3.63) is 0 Å². The minimum absolute atomic E-state index is 0.0464. The van der Waals surface area contributed by atoms with Crippen LogP contribution in [0.3, 0.4) is 0 Å². The maximum absolute atomic E-state index is 11.3. The van der Waals surface area contributed by atoms with Gasteiger partial charge in [-0.05, 0) is 25.7 Å². The molecule has 1 aliphatic heterocycles. The SMILES string of the molecule is O=S(=O)(Cl)CC1(COC2CCOCC2)CCCC1. The molecule has 1 saturated carbocycles. The Bertz CT molecular complexity index is 356. The molecule has 0 unspecified atom stereocenters. The van der Waals surface area contributed by atoms with Gasteiger partial charge in [-0.15, -0.1) is 0 Å². The lowest BCUT2D eigenvalue weighted by Crippen LogP contribution is -2.34. The predicted octanol–water partition coefficient (Wildman–Crippen LogP) is 2.31. The van der Waals surface area contributed by atoms with Gasteiger partial charge in [-0.1, -0.05) is 12.8 Å². The van der Waals surface area contributed by atoms with Crippen molar-refractivity contribution in [2.24, 2.45) is 5.41 Å². The Morgan fingerprint density at radius 3 is 2.39 bits per heavy atom. The Morgan fingerprint density at radius 2 is 1.83 bits per heavy atom. The van der Waals surface area contributed by atoms with Gasteiger partial charge in [-0.2, -0.15) is 0 Å². The van der Waals surface area contributed by atoms with Crippen molar-refractivity contribution in [2.75, 3.05) is 25.6 Å². The molecule has 0 aromatic carbocycles. The van der Waals surface area contributed by atoms with E-state index in [4.69, 9.17) is 20.2 Å². The Labute approximate surface area is 113 Å². The van der Waals surface area contributed by atoms with Crippen LogP contribution in [0.4, 0.5) is 0 Å². The predicted molar refractivity (Wildman–Crippen MR) is 70.3 cm³/mol. The van der Waals surface area contributed by atoms with E-state index in [9.17, 15) is 8.42 Å². The van der Waals surface area contributed by atoms with Crippen LogP contribution >= 0.6 is 10.7 Å². The van der Waals surface area contributed by atoms with E-state index in [2.05, 4.69) is 0 Å². The van der Waals surface area contributed by atoms with E-state index in [1.807, 2.05) is 0 Å². The van der Waals surface area contributed by atoms with Gasteiger partial charge in [0.05, 0.1) is 18.5 Å². The van der Waals surface area contributed by atoms with Gasteiger partial charge in [0.2, 0.25) is 9.05 Å². The lowest BCUT2D eigenvalue weighted by atomic mass is 9.89. The summed E-state index contributed by atoms with van der Waals surface area (Å²) in [5, 5.41) is 0. The third kappa shape index (κ3) is 4.37. The lowest BCUT2D eigenvalue weighted by molar-refractivity contribution is -0.0570. The molecule has 4 nitrogen and oxygen atoms in total. The van der Waals surface area contributed by atoms with Crippen LogP contribution in [0.25, 0.3) is 0 Å². The maximum Gasteiger partial charge on any atom is 0.233 e. The van der Waals surface area contributed by atoms with Gasteiger partial charge in [0, 0.05) is 29.3 Å². The number of hydrogen-bond donors (Lipinski definition) is 0. The zero-order valence-corrected chi connectivity index (χ0v) is 12.1. The Morgan fingerprint density at radius 1 is 1.22 bits per heavy atom. The van der Waals surface area contributed by atoms with Gasteiger partial charge < -0.3 is 9.47 Å². The van der Waals surface area contributed by atoms with Crippen LogP contribution in [0.2, 0.25) is 0 Å². The highest BCUT2D eigenvalue weighted by Crippen LogP contribution is 2.40. The minimum atomic E-state index is -3.45. The van der Waals surface area contributed by atoms with Crippen LogP contribution in [0, 0.1) is 5.41 Å². The van der Waals surface area contributed by atoms with E-state index in [0.717, 1.165) is 51.7 Å². The first kappa shape index (κ1) is 14.6. The van der Waals surface area contributed by atoms with Crippen LogP contribution < -0.4 is 0 Å². The van der Waals surface area contributed by atoms with E-state index in [0.29, 0.717) is 6.61 Å². The molecule has 0 spiro atoms. The summed E-state index contributed by atoms with van der Waals surface area (Å²) in [7, 11) is 1.97. The fourth-order valence-corrected chi connectivity index (χ4v) is 4.76. The van der Waals surface area contributed by atoms with Crippen LogP contribution in [0.5, 0.6) is 0 Å². The summed E-state index contributed by atoms with van der Waals surface area (Å²) in [6, 6.07) is 0. The van der Waals surface area contributed by atoms with Gasteiger partial charge >= 0.3 is 0 Å². The Hall–Kier alpha value is 0.160. The molecule has 1 heterocycles. The summed E-state index contributed by atoms with van der Waals surface area (Å²) in [5.41, 5.74) is -0.251. The maximum atomic E-state index is 11.3. The molecular formula is C12H21ClO4S. The monoisotopic (exact) mass is 296 g/mol. The molecular weight excluding hydrogens is 276 g/mol. The number of ether oxygens (including phenoxy) is 2. The van der Waals surface area contributed by atoms with Crippen LogP contribution in [-0.2, 0) is 18.5 Å². The van der Waals surface area contributed by atoms with E-state index in [1.165, 1.54) is 0 Å². The highest BCUT2D eigenvalue weighted by molar-refractivity contribution is 8.13. The molecule has 2 rings (SSSR count). The molecule has 18 heavy (non-hydrogen) atoms. The third-order valence-corrected chi connectivity index (χ3v) is 5.22. The quantitative estimate of drug-likeness (QED) is 0.731. The Balaban J connectivity index is 1.89. The van der Waals surface area contributed by atoms with Crippen molar-refractivity contribution < 1.29 is 17.9 Å². The summed E-state index contributed by atoms with van der Waals surface area (Å²) in [4.78, 5) is 0. The minimum Gasteiger partial charge on any atom is -0.381 e. The molecule has 6 heteroatoms. The van der Waals surface area contributed by atoms with Gasteiger partial charge in [-0.25, -0.2) is 8.42 Å². The fraction of sp³-hybridized carbons (Fsp3) is 1.00. The number of halogens is 1. The lowest BCUT2D eigenvalue weighted by Gasteiger charge is -2.31. The van der Waals surface area contributed by atoms with Crippen LogP contribution in [0.15, 0.2) is 0 Å². The Kier molecular flexibility index (Phi) is 4.92. The smallest absolute Gasteiger partial charge is 0.233 e. The molecule has 0 aromatic heterocycles. The standard InChI is InChI=1S/C12H21ClO4S/c13-18(14,15)10-12(5-1-2-6-12)9-17-11-3-7-16-8-4-11/h11H,1-10H2. The van der Waals surface area contributed by atoms with Crippen LogP contribution in [-0.4, -0.2) is 40.1 Å². The average Bonchev–Trinajstić information content (AvgIpc) is 2.75. The molecule has 2 aliphatic rings. The summed E-state index contributed by atoms with van der Waals surface area (Å²) >= 11 is 0. The molecule has 0 amide bonds. The van der Waals surface area contributed by atoms with Crippen molar-refractivity contribution >= 4 is 19.7 Å². The average molecular weight is 297 g/mol. The summed E-state index contributed by atoms with van der Waals surface area (Å²) in [5.74, 6) is 0.0464. The molecule has 0 atom stereocenters. The van der Waals surface area contributed by atoms with Crippen molar-refractivity contribution in [3.63, 3.8) is 0 Å². The van der Waals surface area contributed by atoms with Crippen molar-refractivity contribution in [3.8, 4) is 0 Å². The summed E-state index contributed by atoms with van der Waals surface area (Å²) in [6.45, 7) is 2.00. The third-order valence-electron chi connectivity index (χ3n) is 3.94. The van der Waals surface area contributed by atoms with Crippen molar-refractivity contribution in [1.29, 1.82) is 0 Å². The molecule has 0 radical (unpaired) electrons. The normalized spacial score (nSPS) is 25.4. The molecule has 106 valence electrons. The van der Waals surface area contributed by atoms with E-state index >= 15 is 0 Å². The molecule has 1 aliphatic carbocycles. The van der Waals surface area contributed by atoms with Gasteiger partial charge in [0.25, 0.3) is 0 Å². The number of rotatable bonds is 5. The molecule has 0 bridgehead atoms. The molecule has 2 fully saturated rings. The first-order valence-corrected chi connectivity index (χ1v) is 9.09. The molecule has 0 aromatic rings. The fourth-order valence-electron chi connectivity index (χ4n) is 2.96. The first-order valence-electron chi connectivity index (χ1n) is 6.61.